The third-order valence-corrected chi connectivity index (χ3v) is 8.01. The van der Waals surface area contributed by atoms with Gasteiger partial charge in [0, 0.05) is 25.3 Å². The zero-order chi connectivity index (χ0) is 25.6. The topological polar surface area (TPSA) is 129 Å². The molecular formula is C22H26FN7O4S2. The monoisotopic (exact) mass is 535 g/mol. The van der Waals surface area contributed by atoms with E-state index in [1.807, 2.05) is 20.8 Å². The first kappa shape index (κ1) is 24.6. The lowest BCUT2D eigenvalue weighted by Gasteiger charge is -2.33. The van der Waals surface area contributed by atoms with Crippen LogP contribution in [0.25, 0.3) is 16.2 Å². The summed E-state index contributed by atoms with van der Waals surface area (Å²) in [7, 11) is -3.60. The molecular weight excluding hydrogens is 509 g/mol. The van der Waals surface area contributed by atoms with Crippen molar-refractivity contribution in [2.24, 2.45) is 5.92 Å². The molecule has 192 valence electrons. The highest BCUT2D eigenvalue weighted by Crippen LogP contribution is 2.31. The minimum atomic E-state index is -3.60. The Kier molecular flexibility index (Phi) is 6.41. The summed E-state index contributed by atoms with van der Waals surface area (Å²) < 4.78 is 50.7. The molecule has 0 saturated carbocycles. The molecule has 5 heterocycles. The predicted octanol–water partition coefficient (Wildman–Crippen LogP) is 3.59. The van der Waals surface area contributed by atoms with Crippen LogP contribution in [0.4, 0.5) is 10.4 Å². The van der Waals surface area contributed by atoms with E-state index in [1.54, 1.807) is 6.20 Å². The average molecular weight is 536 g/mol. The second-order valence-electron chi connectivity index (χ2n) is 9.22. The third-order valence-electron chi connectivity index (χ3n) is 6.21. The van der Waals surface area contributed by atoms with E-state index in [0.29, 0.717) is 33.6 Å². The Morgan fingerprint density at radius 3 is 2.53 bits per heavy atom. The maximum Gasteiger partial charge on any atom is 0.324 e. The molecule has 0 radical (unpaired) electrons. The van der Waals surface area contributed by atoms with Crippen molar-refractivity contribution >= 4 is 32.1 Å². The maximum absolute atomic E-state index is 14.4. The zero-order valence-corrected chi connectivity index (χ0v) is 21.9. The fourth-order valence-corrected chi connectivity index (χ4v) is 5.46. The van der Waals surface area contributed by atoms with Crippen LogP contribution in [0.5, 0.6) is 5.19 Å². The molecule has 1 aliphatic rings. The Balaban J connectivity index is 1.22. The van der Waals surface area contributed by atoms with E-state index in [4.69, 9.17) is 9.26 Å². The van der Waals surface area contributed by atoms with Gasteiger partial charge in [0.1, 0.15) is 6.10 Å². The lowest BCUT2D eigenvalue weighted by atomic mass is 9.92. The number of hydrogen-bond acceptors (Lipinski definition) is 11. The van der Waals surface area contributed by atoms with Crippen LogP contribution in [0.1, 0.15) is 45.4 Å². The fraction of sp³-hybridized carbons (Fsp3) is 0.500. The van der Waals surface area contributed by atoms with Gasteiger partial charge in [0.15, 0.2) is 20.7 Å². The molecule has 1 saturated heterocycles. The van der Waals surface area contributed by atoms with Crippen molar-refractivity contribution in [3.63, 3.8) is 0 Å². The summed E-state index contributed by atoms with van der Waals surface area (Å²) in [5.74, 6) is 0.376. The number of nitrogens with zero attached hydrogens (tertiary/aromatic N) is 7. The van der Waals surface area contributed by atoms with E-state index in [-0.39, 0.29) is 22.6 Å². The number of halogens is 1. The standard InChI is InChI=1S/C22H26FN7O4S2/c1-12(2)19-26-20(34-28-19)29-9-7-14(8-10-29)13(3)33-22-27-30-11-16(24-21(30)35-22)15-5-6-17(25-18(15)23)36(4,31)32/h5-6,11-14H,7-10H2,1-4H3. The first-order chi connectivity index (χ1) is 17.1. The van der Waals surface area contributed by atoms with Crippen molar-refractivity contribution in [2.75, 3.05) is 24.2 Å². The van der Waals surface area contributed by atoms with Crippen molar-refractivity contribution in [3.05, 3.63) is 30.1 Å². The highest BCUT2D eigenvalue weighted by Gasteiger charge is 2.28. The molecule has 0 aromatic carbocycles. The Hall–Kier alpha value is -3.13. The van der Waals surface area contributed by atoms with Gasteiger partial charge in [-0.15, -0.1) is 5.10 Å². The number of pyridine rings is 1. The third kappa shape index (κ3) is 4.91. The predicted molar refractivity (Wildman–Crippen MR) is 131 cm³/mol. The zero-order valence-electron chi connectivity index (χ0n) is 20.3. The van der Waals surface area contributed by atoms with Crippen LogP contribution in [0.15, 0.2) is 27.9 Å². The summed E-state index contributed by atoms with van der Waals surface area (Å²) in [5, 5.41) is 8.63. The molecule has 36 heavy (non-hydrogen) atoms. The number of fused-ring (bicyclic) bond motifs is 1. The number of hydrogen-bond donors (Lipinski definition) is 0. The Morgan fingerprint density at radius 1 is 1.17 bits per heavy atom. The molecule has 0 amide bonds. The van der Waals surface area contributed by atoms with Gasteiger partial charge in [-0.25, -0.2) is 22.9 Å². The van der Waals surface area contributed by atoms with Crippen molar-refractivity contribution in [1.29, 1.82) is 0 Å². The first-order valence-corrected chi connectivity index (χ1v) is 14.3. The first-order valence-electron chi connectivity index (χ1n) is 11.6. The van der Waals surface area contributed by atoms with Gasteiger partial charge in [0.25, 0.3) is 5.19 Å². The van der Waals surface area contributed by atoms with Gasteiger partial charge >= 0.3 is 6.01 Å². The van der Waals surface area contributed by atoms with Gasteiger partial charge < -0.3 is 14.2 Å². The minimum absolute atomic E-state index is 0.0541. The summed E-state index contributed by atoms with van der Waals surface area (Å²) >= 11 is 1.26. The van der Waals surface area contributed by atoms with Crippen molar-refractivity contribution in [3.8, 4) is 16.5 Å². The van der Waals surface area contributed by atoms with E-state index in [0.717, 1.165) is 32.2 Å². The summed E-state index contributed by atoms with van der Waals surface area (Å²) in [4.78, 5) is 15.1. The lowest BCUT2D eigenvalue weighted by Crippen LogP contribution is -2.38. The molecule has 4 aromatic rings. The Morgan fingerprint density at radius 2 is 1.92 bits per heavy atom. The number of anilines is 1. The van der Waals surface area contributed by atoms with E-state index in [1.165, 1.54) is 28.0 Å². The second kappa shape index (κ2) is 9.39. The highest BCUT2D eigenvalue weighted by atomic mass is 32.2. The van der Waals surface area contributed by atoms with Crippen LogP contribution >= 0.6 is 11.3 Å². The van der Waals surface area contributed by atoms with Gasteiger partial charge in [0.2, 0.25) is 10.9 Å². The van der Waals surface area contributed by atoms with Gasteiger partial charge in [-0.3, -0.25) is 0 Å². The van der Waals surface area contributed by atoms with Crippen LogP contribution in [-0.2, 0) is 9.84 Å². The molecule has 1 aliphatic heterocycles. The van der Waals surface area contributed by atoms with Crippen LogP contribution in [0, 0.1) is 11.9 Å². The summed E-state index contributed by atoms with van der Waals surface area (Å²) in [6, 6.07) is 3.19. The number of rotatable bonds is 7. The fourth-order valence-electron chi connectivity index (χ4n) is 4.08. The van der Waals surface area contributed by atoms with E-state index >= 15 is 0 Å². The van der Waals surface area contributed by atoms with Crippen LogP contribution in [0.3, 0.4) is 0 Å². The maximum atomic E-state index is 14.4. The van der Waals surface area contributed by atoms with Gasteiger partial charge in [-0.1, -0.05) is 19.0 Å². The molecule has 11 nitrogen and oxygen atoms in total. The molecule has 1 unspecified atom stereocenters. The van der Waals surface area contributed by atoms with Gasteiger partial charge in [0.05, 0.1) is 17.5 Å². The molecule has 1 atom stereocenters. The molecule has 1 fully saturated rings. The highest BCUT2D eigenvalue weighted by molar-refractivity contribution is 7.90. The molecule has 0 bridgehead atoms. The van der Waals surface area contributed by atoms with Crippen LogP contribution < -0.4 is 9.64 Å². The number of aromatic nitrogens is 6. The number of sulfone groups is 1. The molecule has 5 rings (SSSR count). The second-order valence-corrected chi connectivity index (χ2v) is 12.1. The normalized spacial score (nSPS) is 16.2. The number of imidazole rings is 1. The molecule has 0 spiro atoms. The number of piperidine rings is 1. The van der Waals surface area contributed by atoms with E-state index in [9.17, 15) is 12.8 Å². The summed E-state index contributed by atoms with van der Waals surface area (Å²) in [6.45, 7) is 7.71. The molecule has 0 N–H and O–H groups in total. The van der Waals surface area contributed by atoms with Crippen LogP contribution in [-0.4, -0.2) is 63.6 Å². The Bertz CT molecular complexity index is 1460. The van der Waals surface area contributed by atoms with Crippen molar-refractivity contribution < 1.29 is 22.1 Å². The summed E-state index contributed by atoms with van der Waals surface area (Å²) in [6.07, 6.45) is 4.33. The minimum Gasteiger partial charge on any atom is -0.466 e. The van der Waals surface area contributed by atoms with E-state index in [2.05, 4.69) is 30.1 Å². The Labute approximate surface area is 211 Å². The molecule has 0 aliphatic carbocycles. The smallest absolute Gasteiger partial charge is 0.324 e. The number of ether oxygens (including phenoxy) is 1. The SMILES string of the molecule is CC(C)c1noc(N2CCC(C(C)Oc3nn4cc(-c5ccc(S(C)(=O)=O)nc5F)nc4s3)CC2)n1. The molecule has 14 heteroatoms. The largest absolute Gasteiger partial charge is 0.466 e. The van der Waals surface area contributed by atoms with E-state index < -0.39 is 15.8 Å². The van der Waals surface area contributed by atoms with Crippen molar-refractivity contribution in [2.45, 2.75) is 50.7 Å². The van der Waals surface area contributed by atoms with Gasteiger partial charge in [-0.05, 0) is 49.2 Å². The van der Waals surface area contributed by atoms with Gasteiger partial charge in [-0.2, -0.15) is 9.37 Å². The lowest BCUT2D eigenvalue weighted by molar-refractivity contribution is 0.130. The van der Waals surface area contributed by atoms with Crippen molar-refractivity contribution in [1.82, 2.24) is 29.7 Å². The van der Waals surface area contributed by atoms with Crippen LogP contribution in [0.2, 0.25) is 0 Å². The average Bonchev–Trinajstić information content (AvgIpc) is 3.54. The quantitative estimate of drug-likeness (QED) is 0.324. The summed E-state index contributed by atoms with van der Waals surface area (Å²) in [5.41, 5.74) is 0.414. The molecule has 4 aromatic heterocycles.